The van der Waals surface area contributed by atoms with E-state index in [0.29, 0.717) is 11.1 Å². The van der Waals surface area contributed by atoms with Crippen molar-refractivity contribution >= 4 is 23.3 Å². The first kappa shape index (κ1) is 21.5. The normalized spacial score (nSPS) is 24.3. The van der Waals surface area contributed by atoms with Gasteiger partial charge in [-0.1, -0.05) is 42.2 Å². The summed E-state index contributed by atoms with van der Waals surface area (Å²) in [5, 5.41) is 8.97. The number of fused-ring (bicyclic) bond motifs is 3. The van der Waals surface area contributed by atoms with Crippen molar-refractivity contribution in [3.63, 3.8) is 0 Å². The number of rotatable bonds is 2. The van der Waals surface area contributed by atoms with Crippen LogP contribution < -0.4 is 0 Å². The fourth-order valence-corrected chi connectivity index (χ4v) is 4.81. The second kappa shape index (κ2) is 8.76. The summed E-state index contributed by atoms with van der Waals surface area (Å²) in [6.07, 6.45) is 4.78. The van der Waals surface area contributed by atoms with Crippen LogP contribution in [-0.2, 0) is 9.59 Å². The highest BCUT2D eigenvalue weighted by Crippen LogP contribution is 2.48. The lowest BCUT2D eigenvalue weighted by Crippen LogP contribution is -2.31. The van der Waals surface area contributed by atoms with Crippen LogP contribution in [0.1, 0.15) is 51.6 Å². The average Bonchev–Trinajstić information content (AvgIpc) is 3.47. The van der Waals surface area contributed by atoms with Crippen LogP contribution in [-0.4, -0.2) is 28.4 Å². The number of ketones is 3. The molecule has 0 aromatic heterocycles. The van der Waals surface area contributed by atoms with Crippen molar-refractivity contribution in [2.45, 2.75) is 19.8 Å². The molecule has 3 aliphatic carbocycles. The predicted octanol–water partition coefficient (Wildman–Crippen LogP) is 3.95. The first-order valence-electron chi connectivity index (χ1n) is 10.5. The summed E-state index contributed by atoms with van der Waals surface area (Å²) in [5.74, 6) is 4.58. The summed E-state index contributed by atoms with van der Waals surface area (Å²) in [4.78, 5) is 45.3. The average molecular weight is 426 g/mol. The minimum Gasteiger partial charge on any atom is -0.481 e. The molecule has 160 valence electrons. The van der Waals surface area contributed by atoms with E-state index in [9.17, 15) is 19.2 Å². The van der Waals surface area contributed by atoms with Crippen molar-refractivity contribution in [1.82, 2.24) is 0 Å². The lowest BCUT2D eigenvalue weighted by Gasteiger charge is -2.21. The van der Waals surface area contributed by atoms with Gasteiger partial charge in [-0.05, 0) is 55.5 Å². The van der Waals surface area contributed by atoms with E-state index in [0.717, 1.165) is 17.5 Å². The van der Waals surface area contributed by atoms with E-state index < -0.39 is 11.9 Å². The summed E-state index contributed by atoms with van der Waals surface area (Å²) in [6.45, 7) is 1.50. The van der Waals surface area contributed by atoms with E-state index in [-0.39, 0.29) is 41.5 Å². The molecule has 0 heterocycles. The molecule has 2 aromatic carbocycles. The Hall–Kier alpha value is -3.78. The van der Waals surface area contributed by atoms with E-state index >= 15 is 0 Å². The maximum Gasteiger partial charge on any atom is 0.307 e. The Morgan fingerprint density at radius 3 is 2.09 bits per heavy atom. The van der Waals surface area contributed by atoms with Crippen LogP contribution in [0.3, 0.4) is 0 Å². The number of aliphatic carboxylic acids is 1. The zero-order valence-electron chi connectivity index (χ0n) is 17.6. The highest BCUT2D eigenvalue weighted by Gasteiger charge is 2.50. The number of carboxylic acids is 1. The first-order chi connectivity index (χ1) is 15.3. The summed E-state index contributed by atoms with van der Waals surface area (Å²) in [7, 11) is 0. The van der Waals surface area contributed by atoms with Crippen LogP contribution in [0.25, 0.3) is 0 Å². The Morgan fingerprint density at radius 2 is 1.47 bits per heavy atom. The number of carbonyl (C=O) groups excluding carboxylic acids is 3. The van der Waals surface area contributed by atoms with Gasteiger partial charge in [0, 0.05) is 28.2 Å². The van der Waals surface area contributed by atoms with Gasteiger partial charge in [0.1, 0.15) is 5.78 Å². The zero-order valence-corrected chi connectivity index (χ0v) is 17.6. The molecule has 4 atom stereocenters. The highest BCUT2D eigenvalue weighted by atomic mass is 16.4. The van der Waals surface area contributed by atoms with Gasteiger partial charge in [0.15, 0.2) is 11.6 Å². The minimum atomic E-state index is -0.822. The summed E-state index contributed by atoms with van der Waals surface area (Å²) in [5.41, 5.74) is 2.70. The second-order valence-electron chi connectivity index (χ2n) is 8.35. The molecule has 0 amide bonds. The fraction of sp³-hybridized carbons (Fsp3) is 0.259. The molecule has 3 aliphatic rings. The molecule has 1 N–H and O–H groups in total. The Bertz CT molecular complexity index is 1170. The maximum absolute atomic E-state index is 11.6. The topological polar surface area (TPSA) is 88.5 Å². The molecular weight excluding hydrogens is 404 g/mol. The third-order valence-electron chi connectivity index (χ3n) is 6.28. The molecular formula is C27H22O5. The van der Waals surface area contributed by atoms with Crippen molar-refractivity contribution in [2.24, 2.45) is 23.7 Å². The van der Waals surface area contributed by atoms with E-state index in [4.69, 9.17) is 5.11 Å². The van der Waals surface area contributed by atoms with Gasteiger partial charge in [-0.3, -0.25) is 19.2 Å². The van der Waals surface area contributed by atoms with E-state index in [1.165, 1.54) is 6.92 Å². The van der Waals surface area contributed by atoms with Crippen LogP contribution in [0.2, 0.25) is 0 Å². The number of hydrogen-bond acceptors (Lipinski definition) is 4. The Morgan fingerprint density at radius 1 is 0.844 bits per heavy atom. The molecule has 2 aromatic rings. The SMILES string of the molecule is CC(=O)C1C2C=CC(C2)C1C(=O)O.O=C1CC(=O)c2cc(C#Cc3ccccc3)ccc21. The van der Waals surface area contributed by atoms with Crippen LogP contribution in [0, 0.1) is 35.5 Å². The van der Waals surface area contributed by atoms with Crippen molar-refractivity contribution < 1.29 is 24.3 Å². The molecule has 5 nitrogen and oxygen atoms in total. The molecule has 0 aliphatic heterocycles. The van der Waals surface area contributed by atoms with Gasteiger partial charge >= 0.3 is 5.97 Å². The van der Waals surface area contributed by atoms with Gasteiger partial charge in [-0.25, -0.2) is 0 Å². The Labute approximate surface area is 186 Å². The monoisotopic (exact) mass is 426 g/mol. The molecule has 5 heteroatoms. The number of carbonyl (C=O) groups is 4. The minimum absolute atomic E-state index is 0.00903. The van der Waals surface area contributed by atoms with Crippen molar-refractivity contribution in [3.8, 4) is 11.8 Å². The van der Waals surface area contributed by atoms with Gasteiger partial charge in [-0.2, -0.15) is 0 Å². The largest absolute Gasteiger partial charge is 0.481 e. The van der Waals surface area contributed by atoms with Crippen molar-refractivity contribution in [3.05, 3.63) is 82.9 Å². The van der Waals surface area contributed by atoms with Crippen molar-refractivity contribution in [2.75, 3.05) is 0 Å². The Kier molecular flexibility index (Phi) is 5.87. The fourth-order valence-electron chi connectivity index (χ4n) is 4.81. The molecule has 1 fully saturated rings. The van der Waals surface area contributed by atoms with Crippen LogP contribution in [0.4, 0.5) is 0 Å². The standard InChI is InChI=1S/C17H10O2.C10H12O3/c18-16-11-17(19)15-10-13(8-9-14(15)16)7-6-12-4-2-1-3-5-12;1-5(11)8-6-2-3-7(4-6)9(8)10(12)13/h1-5,8-10H,11H2;2-3,6-9H,4H2,1H3,(H,12,13). The molecule has 5 rings (SSSR count). The van der Waals surface area contributed by atoms with Crippen LogP contribution in [0.15, 0.2) is 60.7 Å². The molecule has 0 radical (unpaired) electrons. The summed E-state index contributed by atoms with van der Waals surface area (Å²) >= 11 is 0. The molecule has 1 saturated carbocycles. The van der Waals surface area contributed by atoms with Crippen molar-refractivity contribution in [1.29, 1.82) is 0 Å². The quantitative estimate of drug-likeness (QED) is 0.446. The highest BCUT2D eigenvalue weighted by molar-refractivity contribution is 6.24. The first-order valence-corrected chi connectivity index (χ1v) is 10.5. The second-order valence-corrected chi connectivity index (χ2v) is 8.35. The molecule has 2 bridgehead atoms. The van der Waals surface area contributed by atoms with Gasteiger partial charge in [0.05, 0.1) is 12.3 Å². The third-order valence-corrected chi connectivity index (χ3v) is 6.28. The molecule has 0 saturated heterocycles. The Balaban J connectivity index is 0.000000165. The smallest absolute Gasteiger partial charge is 0.307 e. The zero-order chi connectivity index (χ0) is 22.8. The number of benzene rings is 2. The van der Waals surface area contributed by atoms with Gasteiger partial charge in [0.2, 0.25) is 0 Å². The molecule has 32 heavy (non-hydrogen) atoms. The number of carboxylic acid groups (broad SMARTS) is 1. The van der Waals surface area contributed by atoms with E-state index in [1.54, 1.807) is 18.2 Å². The number of Topliss-reactive ketones (excluding diaryl/α,β-unsaturated/α-hetero) is 3. The van der Waals surface area contributed by atoms with Crippen LogP contribution in [0.5, 0.6) is 0 Å². The van der Waals surface area contributed by atoms with Crippen LogP contribution >= 0.6 is 0 Å². The lowest BCUT2D eigenvalue weighted by atomic mass is 9.81. The predicted molar refractivity (Wildman–Crippen MR) is 118 cm³/mol. The van der Waals surface area contributed by atoms with Gasteiger partial charge in [0.25, 0.3) is 0 Å². The summed E-state index contributed by atoms with van der Waals surface area (Å²) in [6, 6.07) is 14.8. The molecule has 4 unspecified atom stereocenters. The van der Waals surface area contributed by atoms with E-state index in [1.807, 2.05) is 42.5 Å². The third kappa shape index (κ3) is 4.17. The van der Waals surface area contributed by atoms with E-state index in [2.05, 4.69) is 11.8 Å². The summed E-state index contributed by atoms with van der Waals surface area (Å²) < 4.78 is 0. The lowest BCUT2D eigenvalue weighted by molar-refractivity contribution is -0.147. The number of hydrogen-bond donors (Lipinski definition) is 1. The maximum atomic E-state index is 11.6. The van der Waals surface area contributed by atoms with Gasteiger partial charge in [-0.15, -0.1) is 0 Å². The van der Waals surface area contributed by atoms with Gasteiger partial charge < -0.3 is 5.11 Å². The molecule has 0 spiro atoms. The number of allylic oxidation sites excluding steroid dienone is 2.